The summed E-state index contributed by atoms with van der Waals surface area (Å²) in [4.78, 5) is 11.8. The van der Waals surface area contributed by atoms with Gasteiger partial charge in [0.25, 0.3) is 0 Å². The summed E-state index contributed by atoms with van der Waals surface area (Å²) in [6, 6.07) is 6.47. The molecule has 0 radical (unpaired) electrons. The van der Waals surface area contributed by atoms with Gasteiger partial charge in [0.15, 0.2) is 6.29 Å². The maximum atomic E-state index is 11.8. The van der Waals surface area contributed by atoms with Gasteiger partial charge >= 0.3 is 5.63 Å². The van der Waals surface area contributed by atoms with E-state index >= 15 is 0 Å². The fourth-order valence-corrected chi connectivity index (χ4v) is 3.88. The van der Waals surface area contributed by atoms with Crippen molar-refractivity contribution in [3.8, 4) is 5.75 Å². The topological polar surface area (TPSA) is 139 Å². The van der Waals surface area contributed by atoms with Crippen molar-refractivity contribution in [3.63, 3.8) is 0 Å². The molecule has 9 nitrogen and oxygen atoms in total. The first-order valence-electron chi connectivity index (χ1n) is 9.42. The third-order valence-electron chi connectivity index (χ3n) is 5.32. The monoisotopic (exact) mass is 408 g/mol. The van der Waals surface area contributed by atoms with E-state index in [0.717, 1.165) is 0 Å². The summed E-state index contributed by atoms with van der Waals surface area (Å²) in [6.07, 6.45) is -7.34. The van der Waals surface area contributed by atoms with E-state index in [1.165, 1.54) is 6.07 Å². The van der Waals surface area contributed by atoms with Gasteiger partial charge in [-0.3, -0.25) is 0 Å². The van der Waals surface area contributed by atoms with Crippen LogP contribution < -0.4 is 10.4 Å². The molecule has 6 atom stereocenters. The lowest BCUT2D eigenvalue weighted by atomic mass is 9.90. The van der Waals surface area contributed by atoms with Crippen LogP contribution in [0.15, 0.2) is 33.5 Å². The summed E-state index contributed by atoms with van der Waals surface area (Å²) >= 11 is 0. The van der Waals surface area contributed by atoms with Crippen molar-refractivity contribution in [2.75, 3.05) is 6.61 Å². The number of aliphatic hydroxyl groups is 4. The van der Waals surface area contributed by atoms with Gasteiger partial charge in [-0.05, 0) is 32.0 Å². The summed E-state index contributed by atoms with van der Waals surface area (Å²) in [6.45, 7) is 3.17. The molecule has 2 aromatic rings. The largest absolute Gasteiger partial charge is 0.487 e. The SMILES string of the molecule is CC1(C)C[C@@H](O[C@@H]2O[C@H](CO)[C@@H](O)[C@@H](O)[C@H]2O)c2c(ccc3ccc(=O)oc23)O1. The molecule has 0 unspecified atom stereocenters. The van der Waals surface area contributed by atoms with Crippen molar-refractivity contribution in [2.24, 2.45) is 0 Å². The Morgan fingerprint density at radius 2 is 1.83 bits per heavy atom. The smallest absolute Gasteiger partial charge is 0.336 e. The van der Waals surface area contributed by atoms with E-state index in [0.29, 0.717) is 28.7 Å². The first kappa shape index (κ1) is 20.3. The van der Waals surface area contributed by atoms with Gasteiger partial charge in [0.2, 0.25) is 0 Å². The van der Waals surface area contributed by atoms with Crippen molar-refractivity contribution >= 4 is 11.0 Å². The van der Waals surface area contributed by atoms with E-state index < -0.39 is 54.6 Å². The van der Waals surface area contributed by atoms with Crippen molar-refractivity contribution < 1.29 is 39.1 Å². The summed E-state index contributed by atoms with van der Waals surface area (Å²) in [5.41, 5.74) is -0.354. The molecule has 3 heterocycles. The second kappa shape index (κ2) is 7.35. The fourth-order valence-electron chi connectivity index (χ4n) is 3.88. The van der Waals surface area contributed by atoms with Gasteiger partial charge in [0.1, 0.15) is 41.3 Å². The molecule has 4 rings (SSSR count). The Hall–Kier alpha value is -2.01. The molecule has 29 heavy (non-hydrogen) atoms. The predicted octanol–water partition coefficient (Wildman–Crippen LogP) is 0.212. The van der Waals surface area contributed by atoms with Crippen LogP contribution in [-0.2, 0) is 9.47 Å². The highest BCUT2D eigenvalue weighted by Crippen LogP contribution is 2.45. The molecule has 9 heteroatoms. The molecular formula is C20H24O9. The molecule has 1 aromatic carbocycles. The number of fused-ring (bicyclic) bond motifs is 3. The molecule has 0 bridgehead atoms. The molecular weight excluding hydrogens is 384 g/mol. The van der Waals surface area contributed by atoms with Crippen molar-refractivity contribution in [3.05, 3.63) is 40.2 Å². The number of aliphatic hydroxyl groups excluding tert-OH is 4. The highest BCUT2D eigenvalue weighted by atomic mass is 16.7. The van der Waals surface area contributed by atoms with Gasteiger partial charge in [-0.25, -0.2) is 4.79 Å². The van der Waals surface area contributed by atoms with Gasteiger partial charge in [-0.1, -0.05) is 0 Å². The number of hydrogen-bond donors (Lipinski definition) is 4. The molecule has 4 N–H and O–H groups in total. The lowest BCUT2D eigenvalue weighted by Gasteiger charge is -2.43. The van der Waals surface area contributed by atoms with Crippen molar-refractivity contribution in [1.29, 1.82) is 0 Å². The van der Waals surface area contributed by atoms with Crippen LogP contribution in [0.1, 0.15) is 31.9 Å². The van der Waals surface area contributed by atoms with Gasteiger partial charge < -0.3 is 39.1 Å². The zero-order valence-electron chi connectivity index (χ0n) is 16.0. The van der Waals surface area contributed by atoms with Crippen LogP contribution in [-0.4, -0.2) is 63.3 Å². The van der Waals surface area contributed by atoms with Crippen LogP contribution in [0.2, 0.25) is 0 Å². The highest BCUT2D eigenvalue weighted by Gasteiger charge is 2.46. The number of ether oxygens (including phenoxy) is 3. The molecule has 1 saturated heterocycles. The van der Waals surface area contributed by atoms with Gasteiger partial charge in [-0.15, -0.1) is 0 Å². The van der Waals surface area contributed by atoms with E-state index in [-0.39, 0.29) is 0 Å². The standard InChI is InChI=1S/C20H24O9/c1-20(2)7-11(26-19-17(25)16(24)15(23)12(8-21)27-19)14-10(29-20)5-3-9-4-6-13(22)28-18(9)14/h3-6,11-12,15-17,19,21,23-25H,7-8H2,1-2H3/t11-,12-,15-,16-,17-,19-/m1/s1. The number of benzene rings is 1. The lowest BCUT2D eigenvalue weighted by molar-refractivity contribution is -0.315. The van der Waals surface area contributed by atoms with Crippen molar-refractivity contribution in [1.82, 2.24) is 0 Å². The van der Waals surface area contributed by atoms with E-state index in [2.05, 4.69) is 0 Å². The van der Waals surface area contributed by atoms with E-state index in [1.54, 1.807) is 18.2 Å². The Labute approximate surface area is 166 Å². The van der Waals surface area contributed by atoms with Gasteiger partial charge in [-0.2, -0.15) is 0 Å². The normalized spacial score (nSPS) is 33.9. The Morgan fingerprint density at radius 1 is 1.10 bits per heavy atom. The fraction of sp³-hybridized carbons (Fsp3) is 0.550. The summed E-state index contributed by atoms with van der Waals surface area (Å²) in [5.74, 6) is 0.470. The Balaban J connectivity index is 1.74. The van der Waals surface area contributed by atoms with E-state index in [1.807, 2.05) is 13.8 Å². The predicted molar refractivity (Wildman–Crippen MR) is 99.4 cm³/mol. The summed E-state index contributed by atoms with van der Waals surface area (Å²) < 4.78 is 22.9. The van der Waals surface area contributed by atoms with Crippen LogP contribution >= 0.6 is 0 Å². The molecule has 2 aliphatic rings. The lowest BCUT2D eigenvalue weighted by Crippen LogP contribution is -2.59. The second-order valence-electron chi connectivity index (χ2n) is 8.04. The zero-order chi connectivity index (χ0) is 20.9. The first-order chi connectivity index (χ1) is 13.7. The number of hydrogen-bond acceptors (Lipinski definition) is 9. The summed E-state index contributed by atoms with van der Waals surface area (Å²) in [7, 11) is 0. The van der Waals surface area contributed by atoms with Crippen LogP contribution in [0.25, 0.3) is 11.0 Å². The highest BCUT2D eigenvalue weighted by molar-refractivity contribution is 5.82. The van der Waals surface area contributed by atoms with Crippen molar-refractivity contribution in [2.45, 2.75) is 62.7 Å². The molecule has 0 aliphatic carbocycles. The van der Waals surface area contributed by atoms with Crippen LogP contribution in [0.5, 0.6) is 5.75 Å². The molecule has 0 spiro atoms. The molecule has 158 valence electrons. The molecule has 1 fully saturated rings. The maximum absolute atomic E-state index is 11.8. The molecule has 2 aliphatic heterocycles. The quantitative estimate of drug-likeness (QED) is 0.525. The minimum atomic E-state index is -1.55. The Kier molecular flexibility index (Phi) is 5.14. The third-order valence-corrected chi connectivity index (χ3v) is 5.32. The maximum Gasteiger partial charge on any atom is 0.336 e. The summed E-state index contributed by atoms with van der Waals surface area (Å²) in [5, 5.41) is 40.4. The zero-order valence-corrected chi connectivity index (χ0v) is 16.0. The second-order valence-corrected chi connectivity index (χ2v) is 8.04. The minimum absolute atomic E-state index is 0.306. The average molecular weight is 408 g/mol. The molecule has 0 amide bonds. The Morgan fingerprint density at radius 3 is 2.55 bits per heavy atom. The van der Waals surface area contributed by atoms with E-state index in [9.17, 15) is 25.2 Å². The van der Waals surface area contributed by atoms with Crippen LogP contribution in [0.3, 0.4) is 0 Å². The molecule has 0 saturated carbocycles. The minimum Gasteiger partial charge on any atom is -0.487 e. The van der Waals surface area contributed by atoms with Crippen LogP contribution in [0.4, 0.5) is 0 Å². The van der Waals surface area contributed by atoms with Crippen LogP contribution in [0, 0.1) is 0 Å². The van der Waals surface area contributed by atoms with Gasteiger partial charge in [0, 0.05) is 17.9 Å². The average Bonchev–Trinajstić information content (AvgIpc) is 2.67. The molecule has 1 aromatic heterocycles. The number of rotatable bonds is 3. The first-order valence-corrected chi connectivity index (χ1v) is 9.42. The van der Waals surface area contributed by atoms with E-state index in [4.69, 9.17) is 18.6 Å². The Bertz CT molecular complexity index is 951. The third kappa shape index (κ3) is 3.65. The van der Waals surface area contributed by atoms with Gasteiger partial charge in [0.05, 0.1) is 18.3 Å².